The van der Waals surface area contributed by atoms with E-state index in [1.165, 1.54) is 11.6 Å². The van der Waals surface area contributed by atoms with Crippen LogP contribution in [0.5, 0.6) is 0 Å². The van der Waals surface area contributed by atoms with E-state index in [0.29, 0.717) is 6.04 Å². The molecule has 1 aromatic carbocycles. The summed E-state index contributed by atoms with van der Waals surface area (Å²) in [7, 11) is 0. The van der Waals surface area contributed by atoms with E-state index in [9.17, 15) is 4.39 Å². The zero-order valence-corrected chi connectivity index (χ0v) is 14.2. The van der Waals surface area contributed by atoms with Crippen molar-refractivity contribution in [2.24, 2.45) is 0 Å². The Hall–Kier alpha value is -1.17. The number of aromatic nitrogens is 1. The summed E-state index contributed by atoms with van der Waals surface area (Å²) >= 11 is 9.49. The fourth-order valence-corrected chi connectivity index (χ4v) is 3.46. The average molecular weight is 385 g/mol. The fraction of sp³-hybridized carbons (Fsp3) is 0.312. The van der Waals surface area contributed by atoms with Crippen molar-refractivity contribution in [3.05, 3.63) is 57.5 Å². The van der Waals surface area contributed by atoms with Crippen molar-refractivity contribution in [1.82, 2.24) is 10.3 Å². The Morgan fingerprint density at radius 3 is 2.95 bits per heavy atom. The molecule has 1 unspecified atom stereocenters. The smallest absolute Gasteiger partial charge is 0.212 e. The monoisotopic (exact) mass is 383 g/mol. The molecule has 1 fully saturated rings. The first kappa shape index (κ1) is 15.7. The van der Waals surface area contributed by atoms with Crippen LogP contribution in [0.4, 0.5) is 10.1 Å². The number of nitrogens with zero attached hydrogens (tertiary/aromatic N) is 2. The summed E-state index contributed by atoms with van der Waals surface area (Å²) in [5.41, 5.74) is 2.16. The molecule has 3 nitrogen and oxygen atoms in total. The Labute approximate surface area is 142 Å². The van der Waals surface area contributed by atoms with Crippen molar-refractivity contribution < 1.29 is 4.39 Å². The van der Waals surface area contributed by atoms with Gasteiger partial charge in [-0.3, -0.25) is 0 Å². The number of nitrogens with one attached hydrogen (secondary N) is 1. The van der Waals surface area contributed by atoms with Gasteiger partial charge in [0.25, 0.3) is 0 Å². The molecule has 1 aliphatic rings. The molecular formula is C16H16BrClFN3. The first-order valence-corrected chi connectivity index (χ1v) is 8.33. The second-order valence-corrected chi connectivity index (χ2v) is 6.68. The van der Waals surface area contributed by atoms with E-state index in [4.69, 9.17) is 11.6 Å². The molecule has 6 heteroatoms. The van der Waals surface area contributed by atoms with Gasteiger partial charge in [-0.25, -0.2) is 4.98 Å². The van der Waals surface area contributed by atoms with Crippen LogP contribution in [0.1, 0.15) is 12.0 Å². The number of anilines is 1. The molecule has 0 saturated carbocycles. The van der Waals surface area contributed by atoms with Crippen LogP contribution in [0.25, 0.3) is 0 Å². The van der Waals surface area contributed by atoms with Gasteiger partial charge in [0, 0.05) is 35.2 Å². The predicted octanol–water partition coefficient (Wildman–Crippen LogP) is 4.01. The van der Waals surface area contributed by atoms with Crippen LogP contribution in [-0.2, 0) is 6.54 Å². The summed E-state index contributed by atoms with van der Waals surface area (Å²) in [6, 6.07) is 9.42. The van der Waals surface area contributed by atoms with Crippen LogP contribution in [-0.4, -0.2) is 24.1 Å². The summed E-state index contributed by atoms with van der Waals surface area (Å²) < 4.78 is 13.9. The second-order valence-electron chi connectivity index (χ2n) is 5.39. The zero-order chi connectivity index (χ0) is 15.5. The van der Waals surface area contributed by atoms with E-state index in [1.807, 2.05) is 18.2 Å². The van der Waals surface area contributed by atoms with Gasteiger partial charge in [-0.1, -0.05) is 33.6 Å². The second kappa shape index (κ2) is 6.94. The molecule has 1 N–H and O–H groups in total. The van der Waals surface area contributed by atoms with Gasteiger partial charge in [0.1, 0.15) is 0 Å². The highest BCUT2D eigenvalue weighted by Crippen LogP contribution is 2.23. The summed E-state index contributed by atoms with van der Waals surface area (Å²) in [5, 5.41) is 4.29. The Kier molecular flexibility index (Phi) is 4.96. The summed E-state index contributed by atoms with van der Waals surface area (Å²) in [4.78, 5) is 5.94. The molecule has 0 spiro atoms. The molecule has 116 valence electrons. The standard InChI is InChI=1S/C16H16BrClFN3/c17-15-7-12(18)2-1-11(15)8-20-13-5-6-22(10-13)14-3-4-16(19)21-9-14/h1-4,7,9,13,20H,5-6,8,10H2. The quantitative estimate of drug-likeness (QED) is 0.808. The summed E-state index contributed by atoms with van der Waals surface area (Å²) in [6.45, 7) is 2.64. The van der Waals surface area contributed by atoms with Crippen molar-refractivity contribution in [3.8, 4) is 0 Å². The molecule has 0 aliphatic carbocycles. The van der Waals surface area contributed by atoms with Gasteiger partial charge >= 0.3 is 0 Å². The number of benzene rings is 1. The molecule has 22 heavy (non-hydrogen) atoms. The number of hydrogen-bond acceptors (Lipinski definition) is 3. The molecule has 0 amide bonds. The number of pyridine rings is 1. The van der Waals surface area contributed by atoms with Crippen LogP contribution in [0.3, 0.4) is 0 Å². The van der Waals surface area contributed by atoms with Crippen molar-refractivity contribution in [3.63, 3.8) is 0 Å². The van der Waals surface area contributed by atoms with Gasteiger partial charge in [0.2, 0.25) is 5.95 Å². The maximum Gasteiger partial charge on any atom is 0.212 e. The van der Waals surface area contributed by atoms with Crippen LogP contribution >= 0.6 is 27.5 Å². The van der Waals surface area contributed by atoms with Crippen molar-refractivity contribution in [1.29, 1.82) is 0 Å². The van der Waals surface area contributed by atoms with E-state index >= 15 is 0 Å². The van der Waals surface area contributed by atoms with Crippen LogP contribution in [0.2, 0.25) is 5.02 Å². The normalized spacial score (nSPS) is 18.0. The van der Waals surface area contributed by atoms with Crippen LogP contribution in [0, 0.1) is 5.95 Å². The van der Waals surface area contributed by atoms with Gasteiger partial charge in [-0.05, 0) is 36.2 Å². The average Bonchev–Trinajstić information content (AvgIpc) is 2.96. The summed E-state index contributed by atoms with van der Waals surface area (Å²) in [6.07, 6.45) is 2.65. The number of halogens is 3. The Bertz CT molecular complexity index is 650. The SMILES string of the molecule is Fc1ccc(N2CCC(NCc3ccc(Cl)cc3Br)C2)cn1. The van der Waals surface area contributed by atoms with Crippen molar-refractivity contribution >= 4 is 33.2 Å². The Morgan fingerprint density at radius 1 is 1.36 bits per heavy atom. The Morgan fingerprint density at radius 2 is 2.23 bits per heavy atom. The van der Waals surface area contributed by atoms with Gasteiger partial charge in [-0.15, -0.1) is 0 Å². The fourth-order valence-electron chi connectivity index (χ4n) is 2.64. The molecule has 1 atom stereocenters. The van der Waals surface area contributed by atoms with Crippen molar-refractivity contribution in [2.75, 3.05) is 18.0 Å². The lowest BCUT2D eigenvalue weighted by Gasteiger charge is -2.18. The van der Waals surface area contributed by atoms with Gasteiger partial charge in [0.05, 0.1) is 11.9 Å². The number of hydrogen-bond donors (Lipinski definition) is 1. The third kappa shape index (κ3) is 3.77. The highest BCUT2D eigenvalue weighted by atomic mass is 79.9. The molecule has 2 heterocycles. The topological polar surface area (TPSA) is 28.2 Å². The number of rotatable bonds is 4. The molecule has 1 aliphatic heterocycles. The molecule has 1 saturated heterocycles. The molecule has 0 bridgehead atoms. The van der Waals surface area contributed by atoms with E-state index in [0.717, 1.165) is 41.2 Å². The zero-order valence-electron chi connectivity index (χ0n) is 11.9. The van der Waals surface area contributed by atoms with Gasteiger partial charge in [-0.2, -0.15) is 4.39 Å². The largest absolute Gasteiger partial charge is 0.369 e. The van der Waals surface area contributed by atoms with Gasteiger partial charge < -0.3 is 10.2 Å². The minimum atomic E-state index is -0.440. The first-order chi connectivity index (χ1) is 10.6. The lowest BCUT2D eigenvalue weighted by atomic mass is 10.2. The van der Waals surface area contributed by atoms with E-state index in [2.05, 4.69) is 31.1 Å². The highest BCUT2D eigenvalue weighted by molar-refractivity contribution is 9.10. The third-order valence-corrected chi connectivity index (χ3v) is 4.83. The minimum Gasteiger partial charge on any atom is -0.369 e. The van der Waals surface area contributed by atoms with E-state index in [-0.39, 0.29) is 0 Å². The van der Waals surface area contributed by atoms with Gasteiger partial charge in [0.15, 0.2) is 0 Å². The van der Waals surface area contributed by atoms with Crippen LogP contribution in [0.15, 0.2) is 41.0 Å². The molecule has 0 radical (unpaired) electrons. The Balaban J connectivity index is 1.56. The van der Waals surface area contributed by atoms with E-state index in [1.54, 1.807) is 12.3 Å². The molecule has 3 rings (SSSR count). The van der Waals surface area contributed by atoms with Crippen molar-refractivity contribution in [2.45, 2.75) is 19.0 Å². The lowest BCUT2D eigenvalue weighted by Crippen LogP contribution is -2.32. The predicted molar refractivity (Wildman–Crippen MR) is 90.8 cm³/mol. The lowest BCUT2D eigenvalue weighted by molar-refractivity contribution is 0.550. The summed E-state index contributed by atoms with van der Waals surface area (Å²) in [5.74, 6) is -0.440. The third-order valence-electron chi connectivity index (χ3n) is 3.86. The first-order valence-electron chi connectivity index (χ1n) is 7.15. The van der Waals surface area contributed by atoms with E-state index < -0.39 is 5.95 Å². The van der Waals surface area contributed by atoms with Crippen LogP contribution < -0.4 is 10.2 Å². The maximum absolute atomic E-state index is 12.9. The maximum atomic E-state index is 12.9. The molecule has 2 aromatic rings. The minimum absolute atomic E-state index is 0.410. The molecule has 1 aromatic heterocycles. The highest BCUT2D eigenvalue weighted by Gasteiger charge is 2.22. The molecular weight excluding hydrogens is 369 g/mol.